The number of rotatable bonds is 5. The number of benzene rings is 1. The highest BCUT2D eigenvalue weighted by molar-refractivity contribution is 6.35. The van der Waals surface area contributed by atoms with Crippen molar-refractivity contribution in [2.75, 3.05) is 26.2 Å². The zero-order valence-corrected chi connectivity index (χ0v) is 15.7. The Kier molecular flexibility index (Phi) is 5.99. The molecule has 2 aromatic rings. The van der Waals surface area contributed by atoms with Gasteiger partial charge in [-0.15, -0.1) is 0 Å². The Morgan fingerprint density at radius 3 is 2.60 bits per heavy atom. The summed E-state index contributed by atoms with van der Waals surface area (Å²) >= 11 is 12.1. The van der Waals surface area contributed by atoms with Crippen molar-refractivity contribution in [2.24, 2.45) is 0 Å². The average molecular weight is 382 g/mol. The Morgan fingerprint density at radius 1 is 1.20 bits per heavy atom. The molecular weight excluding hydrogens is 361 g/mol. The zero-order valence-electron chi connectivity index (χ0n) is 14.2. The number of hydrogen-bond acceptors (Lipinski definition) is 4. The van der Waals surface area contributed by atoms with Crippen LogP contribution in [0, 0.1) is 6.92 Å². The summed E-state index contributed by atoms with van der Waals surface area (Å²) in [5, 5.41) is 5.13. The van der Waals surface area contributed by atoms with E-state index in [4.69, 9.17) is 27.7 Å². The summed E-state index contributed by atoms with van der Waals surface area (Å²) in [6, 6.07) is 7.35. The molecule has 0 spiro atoms. The molecule has 1 saturated heterocycles. The molecule has 0 bridgehead atoms. The first kappa shape index (κ1) is 18.2. The van der Waals surface area contributed by atoms with Gasteiger partial charge in [0.25, 0.3) is 0 Å². The van der Waals surface area contributed by atoms with E-state index in [9.17, 15) is 4.79 Å². The Balaban J connectivity index is 1.45. The molecule has 1 aliphatic rings. The number of aryl methyl sites for hydroxylation is 2. The quantitative estimate of drug-likeness (QED) is 0.794. The number of amides is 1. The number of piperazine rings is 1. The van der Waals surface area contributed by atoms with Crippen molar-refractivity contribution >= 4 is 29.1 Å². The van der Waals surface area contributed by atoms with Gasteiger partial charge in [0.1, 0.15) is 0 Å². The second-order valence-electron chi connectivity index (χ2n) is 6.33. The van der Waals surface area contributed by atoms with Crippen LogP contribution in [0.4, 0.5) is 0 Å². The van der Waals surface area contributed by atoms with Crippen molar-refractivity contribution in [3.8, 4) is 0 Å². The van der Waals surface area contributed by atoms with Crippen molar-refractivity contribution in [1.29, 1.82) is 0 Å². The van der Waals surface area contributed by atoms with Crippen LogP contribution in [-0.4, -0.2) is 47.0 Å². The van der Waals surface area contributed by atoms with Crippen LogP contribution in [0.5, 0.6) is 0 Å². The van der Waals surface area contributed by atoms with E-state index in [-0.39, 0.29) is 5.91 Å². The summed E-state index contributed by atoms with van der Waals surface area (Å²) in [6.07, 6.45) is 1.09. The van der Waals surface area contributed by atoms with Crippen LogP contribution in [0.2, 0.25) is 10.0 Å². The second kappa shape index (κ2) is 8.21. The van der Waals surface area contributed by atoms with Crippen LogP contribution in [0.15, 0.2) is 28.8 Å². The fourth-order valence-electron chi connectivity index (χ4n) is 2.99. The Labute approximate surface area is 157 Å². The minimum Gasteiger partial charge on any atom is -0.360 e. The predicted octanol–water partition coefficient (Wildman–Crippen LogP) is 3.57. The normalized spacial score (nSPS) is 15.6. The first-order valence-corrected chi connectivity index (χ1v) is 9.13. The standard InChI is InChI=1S/C18H21Cl2N3O2/c1-13-10-16(25-21-13)12-22-6-8-23(9-7-22)18(24)5-3-14-2-4-15(19)11-17(14)20/h2,4,10-11H,3,5-9,12H2,1H3. The van der Waals surface area contributed by atoms with Gasteiger partial charge in [-0.3, -0.25) is 9.69 Å². The lowest BCUT2D eigenvalue weighted by molar-refractivity contribution is -0.133. The number of carbonyl (C=O) groups is 1. The van der Waals surface area contributed by atoms with Gasteiger partial charge < -0.3 is 9.42 Å². The summed E-state index contributed by atoms with van der Waals surface area (Å²) < 4.78 is 5.25. The summed E-state index contributed by atoms with van der Waals surface area (Å²) in [6.45, 7) is 5.81. The lowest BCUT2D eigenvalue weighted by atomic mass is 10.1. The van der Waals surface area contributed by atoms with Crippen LogP contribution >= 0.6 is 23.2 Å². The number of nitrogens with zero attached hydrogens (tertiary/aromatic N) is 3. The molecule has 0 aliphatic carbocycles. The lowest BCUT2D eigenvalue weighted by Crippen LogP contribution is -2.48. The molecule has 0 unspecified atom stereocenters. The SMILES string of the molecule is Cc1cc(CN2CCN(C(=O)CCc3ccc(Cl)cc3Cl)CC2)on1. The largest absolute Gasteiger partial charge is 0.360 e. The third-order valence-electron chi connectivity index (χ3n) is 4.40. The fraction of sp³-hybridized carbons (Fsp3) is 0.444. The molecule has 5 nitrogen and oxygen atoms in total. The van der Waals surface area contributed by atoms with Gasteiger partial charge in [-0.05, 0) is 31.0 Å². The molecule has 1 aliphatic heterocycles. The van der Waals surface area contributed by atoms with Gasteiger partial charge in [0.2, 0.25) is 5.91 Å². The van der Waals surface area contributed by atoms with E-state index in [2.05, 4.69) is 10.1 Å². The smallest absolute Gasteiger partial charge is 0.222 e. The van der Waals surface area contributed by atoms with Gasteiger partial charge in [-0.2, -0.15) is 0 Å². The van der Waals surface area contributed by atoms with Crippen molar-refractivity contribution in [1.82, 2.24) is 15.0 Å². The van der Waals surface area contributed by atoms with Crippen LogP contribution < -0.4 is 0 Å². The molecule has 0 N–H and O–H groups in total. The van der Waals surface area contributed by atoms with Crippen molar-refractivity contribution < 1.29 is 9.32 Å². The maximum absolute atomic E-state index is 12.4. The first-order valence-electron chi connectivity index (χ1n) is 8.37. The predicted molar refractivity (Wildman–Crippen MR) is 97.9 cm³/mol. The van der Waals surface area contributed by atoms with Gasteiger partial charge in [-0.1, -0.05) is 34.4 Å². The molecule has 1 fully saturated rings. The second-order valence-corrected chi connectivity index (χ2v) is 7.17. The van der Waals surface area contributed by atoms with Crippen LogP contribution in [0.1, 0.15) is 23.4 Å². The Morgan fingerprint density at radius 2 is 1.96 bits per heavy atom. The molecule has 0 radical (unpaired) electrons. The molecule has 0 atom stereocenters. The average Bonchev–Trinajstić information content (AvgIpc) is 2.99. The summed E-state index contributed by atoms with van der Waals surface area (Å²) in [5.74, 6) is 1.04. The van der Waals surface area contributed by atoms with Crippen LogP contribution in [0.3, 0.4) is 0 Å². The summed E-state index contributed by atoms with van der Waals surface area (Å²) in [5.41, 5.74) is 1.85. The maximum Gasteiger partial charge on any atom is 0.222 e. The van der Waals surface area contributed by atoms with Gasteiger partial charge in [0, 0.05) is 48.7 Å². The molecule has 2 heterocycles. The van der Waals surface area contributed by atoms with Crippen molar-refractivity contribution in [2.45, 2.75) is 26.3 Å². The van der Waals surface area contributed by atoms with Crippen LogP contribution in [0.25, 0.3) is 0 Å². The number of carbonyl (C=O) groups excluding carboxylic acids is 1. The molecule has 25 heavy (non-hydrogen) atoms. The lowest BCUT2D eigenvalue weighted by Gasteiger charge is -2.34. The van der Waals surface area contributed by atoms with E-state index in [0.29, 0.717) is 22.9 Å². The van der Waals surface area contributed by atoms with Gasteiger partial charge >= 0.3 is 0 Å². The van der Waals surface area contributed by atoms with E-state index in [1.165, 1.54) is 0 Å². The van der Waals surface area contributed by atoms with Gasteiger partial charge in [0.15, 0.2) is 5.76 Å². The first-order chi connectivity index (χ1) is 12.0. The van der Waals surface area contributed by atoms with Gasteiger partial charge in [0.05, 0.1) is 12.2 Å². The van der Waals surface area contributed by atoms with E-state index in [0.717, 1.165) is 49.7 Å². The van der Waals surface area contributed by atoms with E-state index in [1.807, 2.05) is 24.0 Å². The number of hydrogen-bond donors (Lipinski definition) is 0. The third-order valence-corrected chi connectivity index (χ3v) is 4.99. The minimum atomic E-state index is 0.168. The molecule has 3 rings (SSSR count). The summed E-state index contributed by atoms with van der Waals surface area (Å²) in [7, 11) is 0. The highest BCUT2D eigenvalue weighted by Crippen LogP contribution is 2.22. The van der Waals surface area contributed by atoms with Crippen molar-refractivity contribution in [3.05, 3.63) is 51.3 Å². The Bertz CT molecular complexity index is 740. The molecule has 0 saturated carbocycles. The zero-order chi connectivity index (χ0) is 17.8. The summed E-state index contributed by atoms with van der Waals surface area (Å²) in [4.78, 5) is 16.6. The minimum absolute atomic E-state index is 0.168. The fourth-order valence-corrected chi connectivity index (χ4v) is 3.49. The van der Waals surface area contributed by atoms with Crippen LogP contribution in [-0.2, 0) is 17.8 Å². The van der Waals surface area contributed by atoms with Gasteiger partial charge in [-0.25, -0.2) is 0 Å². The third kappa shape index (κ3) is 4.97. The van der Waals surface area contributed by atoms with E-state index < -0.39 is 0 Å². The maximum atomic E-state index is 12.4. The highest BCUT2D eigenvalue weighted by Gasteiger charge is 2.22. The molecule has 134 valence electrons. The molecule has 1 aromatic heterocycles. The van der Waals surface area contributed by atoms with E-state index in [1.54, 1.807) is 12.1 Å². The topological polar surface area (TPSA) is 49.6 Å². The number of aromatic nitrogens is 1. The van der Waals surface area contributed by atoms with E-state index >= 15 is 0 Å². The monoisotopic (exact) mass is 381 g/mol. The Hall–Kier alpha value is -1.56. The highest BCUT2D eigenvalue weighted by atomic mass is 35.5. The molecule has 1 aromatic carbocycles. The number of halogens is 2. The van der Waals surface area contributed by atoms with Crippen molar-refractivity contribution in [3.63, 3.8) is 0 Å². The molecular formula is C18H21Cl2N3O2. The molecule has 7 heteroatoms. The molecule has 1 amide bonds.